The molecule has 0 saturated carbocycles. The van der Waals surface area contributed by atoms with Crippen molar-refractivity contribution in [2.24, 2.45) is 0 Å². The predicted octanol–water partition coefficient (Wildman–Crippen LogP) is 4.47. The van der Waals surface area contributed by atoms with Crippen LogP contribution in [-0.4, -0.2) is 32.7 Å². The molecule has 2 N–H and O–H groups in total. The molecule has 0 aliphatic carbocycles. The third-order valence-electron chi connectivity index (χ3n) is 3.56. The van der Waals surface area contributed by atoms with E-state index in [0.29, 0.717) is 16.8 Å². The van der Waals surface area contributed by atoms with Gasteiger partial charge in [-0.1, -0.05) is 24.3 Å². The first kappa shape index (κ1) is 19.1. The molecule has 1 heterocycles. The van der Waals surface area contributed by atoms with Gasteiger partial charge in [-0.25, -0.2) is 14.6 Å². The van der Waals surface area contributed by atoms with Crippen LogP contribution in [0.5, 0.6) is 11.6 Å². The van der Waals surface area contributed by atoms with Crippen LogP contribution in [-0.2, 0) is 4.74 Å². The van der Waals surface area contributed by atoms with Gasteiger partial charge in [0.25, 0.3) is 0 Å². The summed E-state index contributed by atoms with van der Waals surface area (Å²) in [6.45, 7) is 5.36. The van der Waals surface area contributed by atoms with Crippen LogP contribution < -0.4 is 10.1 Å². The number of benzene rings is 2. The molecule has 0 atom stereocenters. The maximum atomic E-state index is 12.1. The lowest BCUT2D eigenvalue weighted by Gasteiger charge is -2.20. The summed E-state index contributed by atoms with van der Waals surface area (Å²) >= 11 is 0. The van der Waals surface area contributed by atoms with E-state index in [-0.39, 0.29) is 11.7 Å². The van der Waals surface area contributed by atoms with Crippen molar-refractivity contribution in [1.29, 1.82) is 0 Å². The van der Waals surface area contributed by atoms with Gasteiger partial charge in [-0.3, -0.25) is 5.32 Å². The van der Waals surface area contributed by atoms with E-state index in [2.05, 4.69) is 15.3 Å². The Balaban J connectivity index is 1.93. The van der Waals surface area contributed by atoms with Crippen LogP contribution in [0.1, 0.15) is 31.4 Å². The molecule has 0 unspecified atom stereocenters. The van der Waals surface area contributed by atoms with Crippen LogP contribution in [0, 0.1) is 0 Å². The van der Waals surface area contributed by atoms with Crippen molar-refractivity contribution >= 4 is 28.5 Å². The summed E-state index contributed by atoms with van der Waals surface area (Å²) in [5.41, 5.74) is -0.0521. The van der Waals surface area contributed by atoms with Gasteiger partial charge in [0.2, 0.25) is 11.7 Å². The van der Waals surface area contributed by atoms with Gasteiger partial charge in [0, 0.05) is 23.0 Å². The molecular formula is C20H19N3O5. The molecule has 1 amide bonds. The van der Waals surface area contributed by atoms with Crippen molar-refractivity contribution in [1.82, 2.24) is 9.97 Å². The van der Waals surface area contributed by atoms with Crippen molar-refractivity contribution in [3.05, 3.63) is 54.5 Å². The molecule has 0 aliphatic heterocycles. The molecule has 144 valence electrons. The van der Waals surface area contributed by atoms with E-state index >= 15 is 0 Å². The van der Waals surface area contributed by atoms with Gasteiger partial charge in [-0.05, 0) is 32.9 Å². The quantitative estimate of drug-likeness (QED) is 0.686. The zero-order chi connectivity index (χ0) is 20.3. The topological polar surface area (TPSA) is 111 Å². The number of carbonyl (C=O) groups is 2. The molecule has 0 spiro atoms. The first-order chi connectivity index (χ1) is 13.2. The number of aromatic nitrogens is 2. The highest BCUT2D eigenvalue weighted by Gasteiger charge is 2.18. The second-order valence-electron chi connectivity index (χ2n) is 6.91. The number of amides is 1. The largest absolute Gasteiger partial charge is 0.475 e. The zero-order valence-corrected chi connectivity index (χ0v) is 15.6. The second kappa shape index (κ2) is 7.51. The van der Waals surface area contributed by atoms with Gasteiger partial charge in [-0.2, -0.15) is 4.98 Å². The molecule has 0 radical (unpaired) electrons. The summed E-state index contributed by atoms with van der Waals surface area (Å²) < 4.78 is 11.1. The molecule has 3 rings (SSSR count). The number of nitrogens with one attached hydrogen (secondary N) is 1. The fourth-order valence-corrected chi connectivity index (χ4v) is 2.50. The average molecular weight is 381 g/mol. The third kappa shape index (κ3) is 4.53. The highest BCUT2D eigenvalue weighted by molar-refractivity contribution is 6.02. The van der Waals surface area contributed by atoms with E-state index in [9.17, 15) is 9.59 Å². The number of ether oxygens (including phenoxy) is 2. The van der Waals surface area contributed by atoms with Crippen molar-refractivity contribution < 1.29 is 24.2 Å². The lowest BCUT2D eigenvalue weighted by atomic mass is 10.1. The number of carbonyl (C=O) groups excluding carboxylic acids is 1. The molecular weight excluding hydrogens is 362 g/mol. The van der Waals surface area contributed by atoms with Crippen molar-refractivity contribution in [2.45, 2.75) is 26.4 Å². The van der Waals surface area contributed by atoms with E-state index in [1.54, 1.807) is 32.9 Å². The number of fused-ring (bicyclic) bond motifs is 1. The summed E-state index contributed by atoms with van der Waals surface area (Å²) in [7, 11) is 0. The van der Waals surface area contributed by atoms with Gasteiger partial charge in [0.15, 0.2) is 0 Å². The Kier molecular flexibility index (Phi) is 5.12. The lowest BCUT2D eigenvalue weighted by molar-refractivity contribution is 0.0634. The number of nitrogens with zero attached hydrogens (tertiary/aromatic N) is 2. The summed E-state index contributed by atoms with van der Waals surface area (Å²) in [6, 6.07) is 12.1. The Morgan fingerprint density at radius 3 is 2.43 bits per heavy atom. The number of rotatable bonds is 4. The maximum absolute atomic E-state index is 12.1. The maximum Gasteiger partial charge on any atom is 0.412 e. The van der Waals surface area contributed by atoms with Crippen LogP contribution in [0.25, 0.3) is 10.8 Å². The molecule has 2 aromatic carbocycles. The van der Waals surface area contributed by atoms with Crippen LogP contribution in [0.15, 0.2) is 48.7 Å². The van der Waals surface area contributed by atoms with E-state index in [1.165, 1.54) is 12.3 Å². The Bertz CT molecular complexity index is 1040. The minimum absolute atomic E-state index is 0.102. The third-order valence-corrected chi connectivity index (χ3v) is 3.56. The van der Waals surface area contributed by atoms with Crippen LogP contribution in [0.3, 0.4) is 0 Å². The smallest absolute Gasteiger partial charge is 0.412 e. The van der Waals surface area contributed by atoms with E-state index < -0.39 is 17.7 Å². The van der Waals surface area contributed by atoms with Crippen LogP contribution in [0.2, 0.25) is 0 Å². The van der Waals surface area contributed by atoms with Gasteiger partial charge >= 0.3 is 12.1 Å². The minimum Gasteiger partial charge on any atom is -0.475 e. The van der Waals surface area contributed by atoms with Gasteiger partial charge in [0.05, 0.1) is 5.69 Å². The molecule has 0 bridgehead atoms. The van der Waals surface area contributed by atoms with Gasteiger partial charge in [0.1, 0.15) is 11.4 Å². The standard InChI is InChI=1S/C20H19N3O5/c1-20(2,3)28-19(26)22-14-8-9-15(13-7-5-4-6-12(13)14)27-16-10-11-21-17(23-16)18(24)25/h4-11H,1-3H3,(H,22,26)(H,24,25). The molecule has 28 heavy (non-hydrogen) atoms. The summed E-state index contributed by atoms with van der Waals surface area (Å²) in [6.07, 6.45) is 0.750. The van der Waals surface area contributed by atoms with Crippen molar-refractivity contribution in [3.63, 3.8) is 0 Å². The van der Waals surface area contributed by atoms with Crippen molar-refractivity contribution in [3.8, 4) is 11.6 Å². The number of hydrogen-bond acceptors (Lipinski definition) is 6. The SMILES string of the molecule is CC(C)(C)OC(=O)Nc1ccc(Oc2ccnc(C(=O)O)n2)c2ccccc12. The highest BCUT2D eigenvalue weighted by Crippen LogP contribution is 2.34. The van der Waals surface area contributed by atoms with Crippen LogP contribution >= 0.6 is 0 Å². The Labute approximate surface area is 161 Å². The number of carboxylic acids is 1. The fourth-order valence-electron chi connectivity index (χ4n) is 2.50. The number of carboxylic acid groups (broad SMARTS) is 1. The lowest BCUT2D eigenvalue weighted by Crippen LogP contribution is -2.27. The van der Waals surface area contributed by atoms with Gasteiger partial charge in [-0.15, -0.1) is 0 Å². The van der Waals surface area contributed by atoms with Gasteiger partial charge < -0.3 is 14.6 Å². The molecule has 0 fully saturated rings. The Hall–Kier alpha value is -3.68. The molecule has 8 nitrogen and oxygen atoms in total. The number of hydrogen-bond donors (Lipinski definition) is 2. The molecule has 0 saturated heterocycles. The van der Waals surface area contributed by atoms with Crippen molar-refractivity contribution in [2.75, 3.05) is 5.32 Å². The number of aromatic carboxylic acids is 1. The average Bonchev–Trinajstić information content (AvgIpc) is 2.62. The second-order valence-corrected chi connectivity index (χ2v) is 6.91. The first-order valence-corrected chi connectivity index (χ1v) is 8.49. The number of anilines is 1. The normalized spacial score (nSPS) is 11.1. The zero-order valence-electron chi connectivity index (χ0n) is 15.6. The fraction of sp³-hybridized carbons (Fsp3) is 0.200. The molecule has 0 aliphatic rings. The Morgan fingerprint density at radius 1 is 1.04 bits per heavy atom. The first-order valence-electron chi connectivity index (χ1n) is 8.49. The predicted molar refractivity (Wildman–Crippen MR) is 103 cm³/mol. The molecule has 3 aromatic rings. The summed E-state index contributed by atoms with van der Waals surface area (Å²) in [5.74, 6) is -1.04. The van der Waals surface area contributed by atoms with E-state index in [4.69, 9.17) is 14.6 Å². The minimum atomic E-state index is -1.24. The molecule has 1 aromatic heterocycles. The monoisotopic (exact) mass is 381 g/mol. The summed E-state index contributed by atoms with van der Waals surface area (Å²) in [4.78, 5) is 30.7. The summed E-state index contributed by atoms with van der Waals surface area (Å²) in [5, 5.41) is 13.2. The molecule has 8 heteroatoms. The van der Waals surface area contributed by atoms with Crippen LogP contribution in [0.4, 0.5) is 10.5 Å². The highest BCUT2D eigenvalue weighted by atomic mass is 16.6. The Morgan fingerprint density at radius 2 is 1.75 bits per heavy atom. The van der Waals surface area contributed by atoms with E-state index in [0.717, 1.165) is 5.39 Å². The van der Waals surface area contributed by atoms with E-state index in [1.807, 2.05) is 24.3 Å².